The van der Waals surface area contributed by atoms with Gasteiger partial charge in [0.05, 0.1) is 10.7 Å². The fourth-order valence-electron chi connectivity index (χ4n) is 3.19. The van der Waals surface area contributed by atoms with Gasteiger partial charge in [-0.3, -0.25) is 0 Å². The van der Waals surface area contributed by atoms with Gasteiger partial charge in [0.15, 0.2) is 5.82 Å². The van der Waals surface area contributed by atoms with Crippen molar-refractivity contribution in [3.63, 3.8) is 0 Å². The number of halogens is 2. The molecule has 0 aliphatic carbocycles. The SMILES string of the molecule is Fc1c(Cl)cccc1NC1CCN2CCCC2C1. The lowest BCUT2D eigenvalue weighted by molar-refractivity contribution is 0.188. The molecule has 2 fully saturated rings. The number of rotatable bonds is 2. The molecule has 4 heteroatoms. The normalized spacial score (nSPS) is 28.1. The molecular formula is C14H18ClFN2. The van der Waals surface area contributed by atoms with Crippen LogP contribution < -0.4 is 5.32 Å². The highest BCUT2D eigenvalue weighted by molar-refractivity contribution is 6.31. The van der Waals surface area contributed by atoms with E-state index >= 15 is 0 Å². The van der Waals surface area contributed by atoms with E-state index in [2.05, 4.69) is 10.2 Å². The minimum absolute atomic E-state index is 0.193. The van der Waals surface area contributed by atoms with Crippen LogP contribution in [-0.2, 0) is 0 Å². The van der Waals surface area contributed by atoms with Crippen molar-refractivity contribution in [2.75, 3.05) is 18.4 Å². The predicted molar refractivity (Wildman–Crippen MR) is 72.6 cm³/mol. The Kier molecular flexibility index (Phi) is 3.44. The molecule has 1 N–H and O–H groups in total. The third-order valence-electron chi connectivity index (χ3n) is 4.13. The van der Waals surface area contributed by atoms with Gasteiger partial charge >= 0.3 is 0 Å². The lowest BCUT2D eigenvalue weighted by Crippen LogP contribution is -2.42. The largest absolute Gasteiger partial charge is 0.380 e. The third-order valence-corrected chi connectivity index (χ3v) is 4.42. The molecule has 0 aromatic heterocycles. The van der Waals surface area contributed by atoms with Gasteiger partial charge in [0, 0.05) is 18.6 Å². The molecule has 2 aliphatic rings. The van der Waals surface area contributed by atoms with Gasteiger partial charge in [0.25, 0.3) is 0 Å². The molecule has 0 saturated carbocycles. The van der Waals surface area contributed by atoms with Crippen molar-refractivity contribution in [1.82, 2.24) is 4.90 Å². The highest BCUT2D eigenvalue weighted by atomic mass is 35.5. The average molecular weight is 269 g/mol. The van der Waals surface area contributed by atoms with Gasteiger partial charge in [-0.25, -0.2) is 4.39 Å². The quantitative estimate of drug-likeness (QED) is 0.883. The number of piperidine rings is 1. The van der Waals surface area contributed by atoms with Gasteiger partial charge in [0.2, 0.25) is 0 Å². The zero-order valence-corrected chi connectivity index (χ0v) is 11.1. The van der Waals surface area contributed by atoms with Crippen molar-refractivity contribution in [3.8, 4) is 0 Å². The van der Waals surface area contributed by atoms with Crippen molar-refractivity contribution in [2.45, 2.75) is 37.8 Å². The number of nitrogens with one attached hydrogen (secondary N) is 1. The van der Waals surface area contributed by atoms with Crippen LogP contribution in [0.2, 0.25) is 5.02 Å². The van der Waals surface area contributed by atoms with Crippen molar-refractivity contribution in [3.05, 3.63) is 29.0 Å². The molecule has 98 valence electrons. The van der Waals surface area contributed by atoms with Crippen LogP contribution in [0.25, 0.3) is 0 Å². The summed E-state index contributed by atoms with van der Waals surface area (Å²) in [6, 6.07) is 6.21. The smallest absolute Gasteiger partial charge is 0.164 e. The number of nitrogens with zero attached hydrogens (tertiary/aromatic N) is 1. The van der Waals surface area contributed by atoms with Crippen LogP contribution >= 0.6 is 11.6 Å². The van der Waals surface area contributed by atoms with Crippen LogP contribution in [0.1, 0.15) is 25.7 Å². The summed E-state index contributed by atoms with van der Waals surface area (Å²) < 4.78 is 13.8. The second-order valence-electron chi connectivity index (χ2n) is 5.30. The van der Waals surface area contributed by atoms with E-state index in [1.165, 1.54) is 19.4 Å². The molecular weight excluding hydrogens is 251 g/mol. The topological polar surface area (TPSA) is 15.3 Å². The Morgan fingerprint density at radius 3 is 3.06 bits per heavy atom. The van der Waals surface area contributed by atoms with E-state index in [1.54, 1.807) is 18.2 Å². The first-order chi connectivity index (χ1) is 8.74. The van der Waals surface area contributed by atoms with Crippen LogP contribution in [-0.4, -0.2) is 30.1 Å². The van der Waals surface area contributed by atoms with E-state index in [9.17, 15) is 4.39 Å². The summed E-state index contributed by atoms with van der Waals surface area (Å²) in [6.07, 6.45) is 4.80. The Bertz CT molecular complexity index is 438. The molecule has 2 saturated heterocycles. The van der Waals surface area contributed by atoms with Gasteiger partial charge in [-0.1, -0.05) is 17.7 Å². The van der Waals surface area contributed by atoms with E-state index < -0.39 is 0 Å². The average Bonchev–Trinajstić information content (AvgIpc) is 2.82. The number of hydrogen-bond acceptors (Lipinski definition) is 2. The maximum atomic E-state index is 13.8. The molecule has 0 spiro atoms. The van der Waals surface area contributed by atoms with E-state index in [0.717, 1.165) is 19.4 Å². The summed E-state index contributed by atoms with van der Waals surface area (Å²) in [5, 5.41) is 3.51. The van der Waals surface area contributed by atoms with E-state index in [0.29, 0.717) is 17.8 Å². The Balaban J connectivity index is 1.68. The maximum absolute atomic E-state index is 13.8. The van der Waals surface area contributed by atoms with Gasteiger partial charge in [-0.05, 0) is 44.4 Å². The van der Waals surface area contributed by atoms with Crippen LogP contribution in [0.4, 0.5) is 10.1 Å². The van der Waals surface area contributed by atoms with Crippen molar-refractivity contribution in [1.29, 1.82) is 0 Å². The van der Waals surface area contributed by atoms with Crippen molar-refractivity contribution < 1.29 is 4.39 Å². The lowest BCUT2D eigenvalue weighted by Gasteiger charge is -2.35. The summed E-state index contributed by atoms with van der Waals surface area (Å²) in [6.45, 7) is 2.37. The maximum Gasteiger partial charge on any atom is 0.164 e. The Labute approximate surface area is 112 Å². The summed E-state index contributed by atoms with van der Waals surface area (Å²) >= 11 is 5.80. The van der Waals surface area contributed by atoms with Gasteiger partial charge in [-0.2, -0.15) is 0 Å². The van der Waals surface area contributed by atoms with E-state index in [4.69, 9.17) is 11.6 Å². The van der Waals surface area contributed by atoms with Crippen LogP contribution in [0.5, 0.6) is 0 Å². The fourth-order valence-corrected chi connectivity index (χ4v) is 3.37. The molecule has 0 radical (unpaired) electrons. The number of anilines is 1. The van der Waals surface area contributed by atoms with Crippen molar-refractivity contribution >= 4 is 17.3 Å². The highest BCUT2D eigenvalue weighted by Gasteiger charge is 2.31. The Morgan fingerprint density at radius 1 is 1.28 bits per heavy atom. The van der Waals surface area contributed by atoms with Gasteiger partial charge in [-0.15, -0.1) is 0 Å². The monoisotopic (exact) mass is 268 g/mol. The van der Waals surface area contributed by atoms with Crippen LogP contribution in [0.3, 0.4) is 0 Å². The van der Waals surface area contributed by atoms with E-state index in [-0.39, 0.29) is 10.8 Å². The first-order valence-corrected chi connectivity index (χ1v) is 7.06. The first-order valence-electron chi connectivity index (χ1n) is 6.68. The summed E-state index contributed by atoms with van der Waals surface area (Å²) in [4.78, 5) is 2.56. The minimum Gasteiger partial charge on any atom is -0.380 e. The lowest BCUT2D eigenvalue weighted by atomic mass is 9.97. The zero-order valence-electron chi connectivity index (χ0n) is 10.3. The molecule has 2 aliphatic heterocycles. The molecule has 0 bridgehead atoms. The second-order valence-corrected chi connectivity index (χ2v) is 5.71. The number of fused-ring (bicyclic) bond motifs is 1. The predicted octanol–water partition coefficient (Wildman–Crippen LogP) is 3.52. The summed E-state index contributed by atoms with van der Waals surface area (Å²) in [5.74, 6) is -0.326. The van der Waals surface area contributed by atoms with E-state index in [1.807, 2.05) is 0 Å². The van der Waals surface area contributed by atoms with Crippen LogP contribution in [0.15, 0.2) is 18.2 Å². The molecule has 0 amide bonds. The molecule has 2 heterocycles. The molecule has 2 nitrogen and oxygen atoms in total. The summed E-state index contributed by atoms with van der Waals surface area (Å²) in [5.41, 5.74) is 0.541. The van der Waals surface area contributed by atoms with Gasteiger partial charge in [0.1, 0.15) is 0 Å². The number of hydrogen-bond donors (Lipinski definition) is 1. The summed E-state index contributed by atoms with van der Waals surface area (Å²) in [7, 11) is 0. The fraction of sp³-hybridized carbons (Fsp3) is 0.571. The molecule has 2 atom stereocenters. The third kappa shape index (κ3) is 2.34. The zero-order chi connectivity index (χ0) is 12.5. The second kappa shape index (κ2) is 5.06. The number of benzene rings is 1. The first kappa shape index (κ1) is 12.2. The van der Waals surface area contributed by atoms with Crippen LogP contribution in [0, 0.1) is 5.82 Å². The Hall–Kier alpha value is -0.800. The molecule has 18 heavy (non-hydrogen) atoms. The molecule has 2 unspecified atom stereocenters. The molecule has 1 aromatic carbocycles. The Morgan fingerprint density at radius 2 is 2.17 bits per heavy atom. The van der Waals surface area contributed by atoms with Crippen molar-refractivity contribution in [2.24, 2.45) is 0 Å². The van der Waals surface area contributed by atoms with Gasteiger partial charge < -0.3 is 10.2 Å². The highest BCUT2D eigenvalue weighted by Crippen LogP contribution is 2.30. The molecule has 3 rings (SSSR count). The molecule has 1 aromatic rings. The minimum atomic E-state index is -0.326. The standard InChI is InChI=1S/C14H18ClFN2/c15-12-4-1-5-13(14(12)16)17-10-6-8-18-7-2-3-11(18)9-10/h1,4-5,10-11,17H,2-3,6-9H2.